The summed E-state index contributed by atoms with van der Waals surface area (Å²) in [5, 5.41) is 3.39. The predicted molar refractivity (Wildman–Crippen MR) is 80.1 cm³/mol. The molecule has 20 heavy (non-hydrogen) atoms. The Kier molecular flexibility index (Phi) is 5.98. The number of halogens is 1. The van der Waals surface area contributed by atoms with Crippen LogP contribution in [0.1, 0.15) is 5.56 Å². The number of hydrogen-bond donors (Lipinski definition) is 2. The monoisotopic (exact) mass is 298 g/mol. The Morgan fingerprint density at radius 1 is 1.30 bits per heavy atom. The van der Waals surface area contributed by atoms with Crippen molar-refractivity contribution >= 4 is 29.1 Å². The van der Waals surface area contributed by atoms with Crippen molar-refractivity contribution in [3.63, 3.8) is 0 Å². The number of aryl methyl sites for hydroxylation is 1. The number of likely N-dealkylation sites (N-methyl/N-ethyl adjacent to an activating group) is 2. The zero-order valence-corrected chi connectivity index (χ0v) is 13.0. The maximum atomic E-state index is 11.9. The van der Waals surface area contributed by atoms with Gasteiger partial charge in [0.2, 0.25) is 0 Å². The maximum Gasteiger partial charge on any atom is 0.279 e. The van der Waals surface area contributed by atoms with Crippen LogP contribution in [0.5, 0.6) is 0 Å². The van der Waals surface area contributed by atoms with Gasteiger partial charge in [0, 0.05) is 24.8 Å². The summed E-state index contributed by atoms with van der Waals surface area (Å²) in [5.74, 6) is -0.145. The first-order valence-corrected chi connectivity index (χ1v) is 6.75. The van der Waals surface area contributed by atoms with E-state index < -0.39 is 0 Å². The second-order valence-corrected chi connectivity index (χ2v) is 5.54. The van der Waals surface area contributed by atoms with Crippen LogP contribution >= 0.6 is 11.6 Å². The molecule has 0 radical (unpaired) electrons. The van der Waals surface area contributed by atoms with E-state index in [1.807, 2.05) is 20.0 Å². The van der Waals surface area contributed by atoms with E-state index in [0.29, 0.717) is 10.7 Å². The second-order valence-electron chi connectivity index (χ2n) is 5.11. The molecule has 0 heterocycles. The van der Waals surface area contributed by atoms with Crippen molar-refractivity contribution in [1.82, 2.24) is 4.90 Å². The number of quaternary nitrogens is 1. The molecule has 0 aliphatic rings. The minimum Gasteiger partial charge on any atom is -0.344 e. The van der Waals surface area contributed by atoms with Gasteiger partial charge in [0.25, 0.3) is 11.8 Å². The summed E-state index contributed by atoms with van der Waals surface area (Å²) >= 11 is 5.90. The number of carbonyl (C=O) groups is 2. The number of benzene rings is 1. The Morgan fingerprint density at radius 2 is 1.95 bits per heavy atom. The van der Waals surface area contributed by atoms with Crippen LogP contribution in [-0.2, 0) is 9.59 Å². The van der Waals surface area contributed by atoms with Crippen LogP contribution in [0, 0.1) is 6.92 Å². The largest absolute Gasteiger partial charge is 0.344 e. The summed E-state index contributed by atoms with van der Waals surface area (Å²) < 4.78 is 0. The smallest absolute Gasteiger partial charge is 0.279 e. The Hall–Kier alpha value is -1.59. The number of nitrogens with one attached hydrogen (secondary N) is 2. The van der Waals surface area contributed by atoms with E-state index in [2.05, 4.69) is 5.32 Å². The normalized spacial score (nSPS) is 11.8. The highest BCUT2D eigenvalue weighted by Gasteiger charge is 2.15. The van der Waals surface area contributed by atoms with E-state index in [-0.39, 0.29) is 24.9 Å². The summed E-state index contributed by atoms with van der Waals surface area (Å²) in [6.07, 6.45) is 0. The molecule has 110 valence electrons. The number of carbonyl (C=O) groups excluding carboxylic acids is 2. The summed E-state index contributed by atoms with van der Waals surface area (Å²) in [5.41, 5.74) is 1.65. The number of hydrogen-bond acceptors (Lipinski definition) is 2. The highest BCUT2D eigenvalue weighted by Crippen LogP contribution is 2.19. The summed E-state index contributed by atoms with van der Waals surface area (Å²) in [6, 6.07) is 5.35. The van der Waals surface area contributed by atoms with E-state index in [0.717, 1.165) is 10.5 Å². The lowest BCUT2D eigenvalue weighted by Gasteiger charge is -2.16. The Balaban J connectivity index is 2.55. The average molecular weight is 299 g/mol. The van der Waals surface area contributed by atoms with E-state index in [1.54, 1.807) is 26.2 Å². The van der Waals surface area contributed by atoms with Crippen LogP contribution in [-0.4, -0.2) is 50.9 Å². The highest BCUT2D eigenvalue weighted by molar-refractivity contribution is 6.31. The molecule has 1 rings (SSSR count). The molecular formula is C14H21ClN3O2+. The highest BCUT2D eigenvalue weighted by atomic mass is 35.5. The van der Waals surface area contributed by atoms with Crippen molar-refractivity contribution in [3.05, 3.63) is 28.8 Å². The fourth-order valence-corrected chi connectivity index (χ4v) is 1.85. The van der Waals surface area contributed by atoms with Gasteiger partial charge in [-0.15, -0.1) is 0 Å². The number of amides is 2. The SMILES string of the molecule is Cc1ccc(Cl)cc1NC(=O)C[NH+](C)CC(=O)N(C)C. The lowest BCUT2D eigenvalue weighted by molar-refractivity contribution is -0.862. The van der Waals surface area contributed by atoms with Crippen LogP contribution in [0.2, 0.25) is 5.02 Å². The molecule has 5 nitrogen and oxygen atoms in total. The van der Waals surface area contributed by atoms with Gasteiger partial charge in [0.15, 0.2) is 13.1 Å². The molecule has 0 saturated carbocycles. The van der Waals surface area contributed by atoms with Gasteiger partial charge in [-0.3, -0.25) is 9.59 Å². The standard InChI is InChI=1S/C14H20ClN3O2/c1-10-5-6-11(15)7-12(10)16-13(19)8-18(4)9-14(20)17(2)3/h5-7H,8-9H2,1-4H3,(H,16,19)/p+1. The molecule has 0 fully saturated rings. The molecule has 0 bridgehead atoms. The van der Waals surface area contributed by atoms with Gasteiger partial charge >= 0.3 is 0 Å². The fourth-order valence-electron chi connectivity index (χ4n) is 1.68. The zero-order chi connectivity index (χ0) is 15.3. The molecule has 1 aromatic carbocycles. The molecule has 2 amide bonds. The van der Waals surface area contributed by atoms with E-state index in [9.17, 15) is 9.59 Å². The third-order valence-electron chi connectivity index (χ3n) is 2.89. The summed E-state index contributed by atoms with van der Waals surface area (Å²) in [7, 11) is 5.21. The van der Waals surface area contributed by atoms with E-state index in [1.165, 1.54) is 4.90 Å². The number of rotatable bonds is 5. The lowest BCUT2D eigenvalue weighted by atomic mass is 10.2. The second kappa shape index (κ2) is 7.26. The van der Waals surface area contributed by atoms with Crippen LogP contribution in [0.3, 0.4) is 0 Å². The van der Waals surface area contributed by atoms with E-state index >= 15 is 0 Å². The topological polar surface area (TPSA) is 53.9 Å². The van der Waals surface area contributed by atoms with Crippen LogP contribution < -0.4 is 10.2 Å². The number of anilines is 1. The quantitative estimate of drug-likeness (QED) is 0.815. The fraction of sp³-hybridized carbons (Fsp3) is 0.429. The van der Waals surface area contributed by atoms with Crippen LogP contribution in [0.25, 0.3) is 0 Å². The van der Waals surface area contributed by atoms with Crippen LogP contribution in [0.4, 0.5) is 5.69 Å². The lowest BCUT2D eigenvalue weighted by Crippen LogP contribution is -3.11. The van der Waals surface area contributed by atoms with Crippen molar-refractivity contribution in [2.24, 2.45) is 0 Å². The Bertz CT molecular complexity index is 503. The molecule has 1 unspecified atom stereocenters. The molecule has 1 aromatic rings. The molecule has 0 aromatic heterocycles. The zero-order valence-electron chi connectivity index (χ0n) is 12.3. The van der Waals surface area contributed by atoms with Gasteiger partial charge < -0.3 is 15.1 Å². The minimum atomic E-state index is -0.139. The van der Waals surface area contributed by atoms with Gasteiger partial charge in [-0.05, 0) is 24.6 Å². The van der Waals surface area contributed by atoms with Crippen molar-refractivity contribution in [3.8, 4) is 0 Å². The first-order chi connectivity index (χ1) is 9.29. The first-order valence-electron chi connectivity index (χ1n) is 6.37. The molecule has 2 N–H and O–H groups in total. The first kappa shape index (κ1) is 16.5. The van der Waals surface area contributed by atoms with Gasteiger partial charge in [0.05, 0.1) is 7.05 Å². The van der Waals surface area contributed by atoms with Crippen molar-refractivity contribution < 1.29 is 14.5 Å². The van der Waals surface area contributed by atoms with Gasteiger partial charge in [-0.2, -0.15) is 0 Å². The Morgan fingerprint density at radius 3 is 2.55 bits per heavy atom. The maximum absolute atomic E-state index is 11.9. The third-order valence-corrected chi connectivity index (χ3v) is 3.12. The van der Waals surface area contributed by atoms with Gasteiger partial charge in [0.1, 0.15) is 0 Å². The molecule has 0 spiro atoms. The molecular weight excluding hydrogens is 278 g/mol. The molecule has 1 atom stereocenters. The van der Waals surface area contributed by atoms with Gasteiger partial charge in [-0.25, -0.2) is 0 Å². The molecule has 0 saturated heterocycles. The summed E-state index contributed by atoms with van der Waals surface area (Å²) in [4.78, 5) is 25.8. The van der Waals surface area contributed by atoms with Crippen LogP contribution in [0.15, 0.2) is 18.2 Å². The third kappa shape index (κ3) is 5.19. The minimum absolute atomic E-state index is 0.00534. The number of nitrogens with zero attached hydrogens (tertiary/aromatic N) is 1. The Labute approximate surface area is 124 Å². The van der Waals surface area contributed by atoms with E-state index in [4.69, 9.17) is 11.6 Å². The van der Waals surface area contributed by atoms with Gasteiger partial charge in [-0.1, -0.05) is 17.7 Å². The molecule has 6 heteroatoms. The molecule has 0 aliphatic heterocycles. The van der Waals surface area contributed by atoms with Crippen molar-refractivity contribution in [1.29, 1.82) is 0 Å². The predicted octanol–water partition coefficient (Wildman–Crippen LogP) is 0.190. The average Bonchev–Trinajstić information content (AvgIpc) is 2.33. The van der Waals surface area contributed by atoms with Crippen molar-refractivity contribution in [2.45, 2.75) is 6.92 Å². The van der Waals surface area contributed by atoms with Crippen molar-refractivity contribution in [2.75, 3.05) is 39.5 Å². The molecule has 0 aliphatic carbocycles. The summed E-state index contributed by atoms with van der Waals surface area (Å²) in [6.45, 7) is 2.42.